The zero-order chi connectivity index (χ0) is 8.13. The third kappa shape index (κ3) is 0.848. The summed E-state index contributed by atoms with van der Waals surface area (Å²) in [5.41, 5.74) is 0. The molecule has 64 valence electrons. The number of hydrogen-bond donors (Lipinski definition) is 0. The Hall–Kier alpha value is 0.272. The highest BCUT2D eigenvalue weighted by atomic mass is 27.2. The van der Waals surface area contributed by atoms with Crippen LogP contribution >= 0.6 is 0 Å². The van der Waals surface area contributed by atoms with E-state index in [9.17, 15) is 0 Å². The molecule has 1 heterocycles. The van der Waals surface area contributed by atoms with E-state index in [0.29, 0.717) is 0 Å². The second-order valence-corrected chi connectivity index (χ2v) is 8.62. The quantitative estimate of drug-likeness (QED) is 0.425. The molecule has 0 nitrogen and oxygen atoms in total. The van der Waals surface area contributed by atoms with Crippen LogP contribution in [0.3, 0.4) is 0 Å². The van der Waals surface area contributed by atoms with Crippen LogP contribution in [0.4, 0.5) is 0 Å². The van der Waals surface area contributed by atoms with E-state index in [4.69, 9.17) is 0 Å². The molecule has 3 rings (SSSR count). The van der Waals surface area contributed by atoms with Gasteiger partial charge in [-0.25, -0.2) is 0 Å². The topological polar surface area (TPSA) is 0 Å². The van der Waals surface area contributed by atoms with E-state index in [2.05, 4.69) is 19.1 Å². The van der Waals surface area contributed by atoms with Gasteiger partial charge >= 0.3 is 0 Å². The van der Waals surface area contributed by atoms with Gasteiger partial charge in [0, 0.05) is 0 Å². The van der Waals surface area contributed by atoms with Crippen LogP contribution in [0.5, 0.6) is 0 Å². The van der Waals surface area contributed by atoms with Crippen molar-refractivity contribution in [1.29, 1.82) is 0 Å². The first-order valence-electron chi connectivity index (χ1n) is 5.58. The van der Waals surface area contributed by atoms with Crippen molar-refractivity contribution in [2.24, 2.45) is 17.8 Å². The maximum atomic E-state index is 2.55. The lowest BCUT2D eigenvalue weighted by molar-refractivity contribution is 0.456. The molecule has 0 N–H and O–H groups in total. The third-order valence-corrected chi connectivity index (χ3v) is 8.83. The first-order valence-corrected chi connectivity index (χ1v) is 7.88. The Labute approximate surface area is 79.4 Å². The zero-order valence-electron chi connectivity index (χ0n) is 7.87. The largest absolute Gasteiger partial charge is 0.266 e. The number of fused-ring (bicyclic) bond motifs is 5. The van der Waals surface area contributed by atoms with Crippen molar-refractivity contribution in [2.45, 2.75) is 35.1 Å². The summed E-state index contributed by atoms with van der Waals surface area (Å²) >= 11 is -0.267. The maximum absolute atomic E-state index is 2.55. The van der Waals surface area contributed by atoms with Crippen LogP contribution in [0.15, 0.2) is 12.2 Å². The molecule has 0 amide bonds. The summed E-state index contributed by atoms with van der Waals surface area (Å²) in [7, 11) is 0. The van der Waals surface area contributed by atoms with Crippen LogP contribution < -0.4 is 0 Å². The lowest BCUT2D eigenvalue weighted by Gasteiger charge is -2.23. The predicted octanol–water partition coefficient (Wildman–Crippen LogP) is 3.10. The Morgan fingerprint density at radius 1 is 1.33 bits per heavy atom. The lowest BCUT2D eigenvalue weighted by atomic mass is 9.91. The summed E-state index contributed by atoms with van der Waals surface area (Å²) < 4.78 is 1.24. The lowest BCUT2D eigenvalue weighted by Crippen LogP contribution is -2.20. The van der Waals surface area contributed by atoms with E-state index in [1.165, 1.54) is 4.78 Å². The Morgan fingerprint density at radius 2 is 2.17 bits per heavy atom. The molecule has 1 aliphatic heterocycles. The standard InChI is InChI=1S/C9H12.C2H5.Al/c1-2-8-5-7-3-4-9(8)6-7;1-2;/h3-5,7-9H,1-2,6H2;1H2,2H3;. The van der Waals surface area contributed by atoms with E-state index >= 15 is 0 Å². The van der Waals surface area contributed by atoms with Gasteiger partial charge in [0.1, 0.15) is 0 Å². The fraction of sp³-hybridized carbons (Fsp3) is 0.818. The minimum absolute atomic E-state index is 0.267. The molecule has 12 heavy (non-hydrogen) atoms. The third-order valence-electron chi connectivity index (χ3n) is 4.63. The van der Waals surface area contributed by atoms with Gasteiger partial charge in [-0.1, -0.05) is 40.8 Å². The number of hydrogen-bond acceptors (Lipinski definition) is 0. The van der Waals surface area contributed by atoms with Gasteiger partial charge in [-0.05, 0) is 24.2 Å². The van der Waals surface area contributed by atoms with Gasteiger partial charge in [0.25, 0.3) is 14.1 Å². The fourth-order valence-electron chi connectivity index (χ4n) is 4.14. The second-order valence-electron chi connectivity index (χ2n) is 4.94. The summed E-state index contributed by atoms with van der Waals surface area (Å²) in [6.45, 7) is 2.44. The molecule has 0 aromatic rings. The molecule has 0 aromatic heterocycles. The van der Waals surface area contributed by atoms with Gasteiger partial charge in [-0.2, -0.15) is 0 Å². The monoisotopic (exact) mass is 176 g/mol. The van der Waals surface area contributed by atoms with Crippen LogP contribution in [0, 0.1) is 17.8 Å². The molecule has 1 saturated heterocycles. The summed E-state index contributed by atoms with van der Waals surface area (Å²) in [4.78, 5) is 0. The summed E-state index contributed by atoms with van der Waals surface area (Å²) in [5.74, 6) is 3.25. The van der Waals surface area contributed by atoms with Crippen molar-refractivity contribution in [3.63, 3.8) is 0 Å². The van der Waals surface area contributed by atoms with Crippen LogP contribution in [0.2, 0.25) is 15.3 Å². The fourth-order valence-corrected chi connectivity index (χ4v) is 8.46. The second kappa shape index (κ2) is 2.63. The molecule has 1 heteroatoms. The SMILES string of the molecule is C[CH2][Al]1[CH2]CC2C3C=CC(C3)[CH]21. The van der Waals surface area contributed by atoms with Crippen LogP contribution in [0.1, 0.15) is 19.8 Å². The normalized spacial score (nSPS) is 48.9. The van der Waals surface area contributed by atoms with Gasteiger partial charge in [0.15, 0.2) is 0 Å². The number of allylic oxidation sites excluding steroid dienone is 2. The molecule has 0 aromatic carbocycles. The summed E-state index contributed by atoms with van der Waals surface area (Å²) in [5, 5.41) is 3.23. The molecule has 0 spiro atoms. The maximum Gasteiger partial charge on any atom is 0.266 e. The molecule has 2 aliphatic carbocycles. The highest BCUT2D eigenvalue weighted by molar-refractivity contribution is 6.61. The first-order chi connectivity index (χ1) is 5.90. The summed E-state index contributed by atoms with van der Waals surface area (Å²) in [6, 6.07) is 0. The van der Waals surface area contributed by atoms with Gasteiger partial charge in [-0.3, -0.25) is 0 Å². The molecule has 2 bridgehead atoms. The Morgan fingerprint density at radius 3 is 3.00 bits per heavy atom. The Bertz CT molecular complexity index is 221. The molecule has 4 unspecified atom stereocenters. The molecule has 1 saturated carbocycles. The van der Waals surface area contributed by atoms with Crippen molar-refractivity contribution < 1.29 is 0 Å². The van der Waals surface area contributed by atoms with Crippen LogP contribution in [0.25, 0.3) is 0 Å². The van der Waals surface area contributed by atoms with E-state index in [1.807, 2.05) is 0 Å². The van der Waals surface area contributed by atoms with E-state index in [0.717, 1.165) is 17.8 Å². The van der Waals surface area contributed by atoms with Crippen molar-refractivity contribution >= 4 is 14.1 Å². The molecule has 3 aliphatic rings. The predicted molar refractivity (Wildman–Crippen MR) is 53.6 cm³/mol. The average Bonchev–Trinajstić information content (AvgIpc) is 2.76. The van der Waals surface area contributed by atoms with Gasteiger partial charge in [-0.15, -0.1) is 0 Å². The van der Waals surface area contributed by atoms with E-state index in [1.54, 1.807) is 23.4 Å². The average molecular weight is 176 g/mol. The molecular weight excluding hydrogens is 159 g/mol. The molecular formula is C11H17Al. The van der Waals surface area contributed by atoms with Crippen molar-refractivity contribution in [2.75, 3.05) is 0 Å². The Kier molecular flexibility index (Phi) is 1.68. The van der Waals surface area contributed by atoms with Crippen molar-refractivity contribution in [1.82, 2.24) is 0 Å². The molecule has 4 atom stereocenters. The van der Waals surface area contributed by atoms with E-state index in [-0.39, 0.29) is 14.1 Å². The van der Waals surface area contributed by atoms with Gasteiger partial charge < -0.3 is 0 Å². The van der Waals surface area contributed by atoms with Crippen LogP contribution in [-0.2, 0) is 0 Å². The molecule has 2 fully saturated rings. The molecule has 0 radical (unpaired) electrons. The highest BCUT2D eigenvalue weighted by Gasteiger charge is 2.52. The van der Waals surface area contributed by atoms with Crippen molar-refractivity contribution in [3.05, 3.63) is 12.2 Å². The minimum Gasteiger partial charge on any atom is -0.0965 e. The van der Waals surface area contributed by atoms with E-state index < -0.39 is 0 Å². The Balaban J connectivity index is 1.89. The summed E-state index contributed by atoms with van der Waals surface area (Å²) in [6.07, 6.45) is 8.21. The smallest absolute Gasteiger partial charge is 0.0965 e. The van der Waals surface area contributed by atoms with Crippen LogP contribution in [-0.4, -0.2) is 14.1 Å². The number of rotatable bonds is 1. The first kappa shape index (κ1) is 7.66. The minimum atomic E-state index is -0.267. The zero-order valence-corrected chi connectivity index (χ0v) is 9.02. The van der Waals surface area contributed by atoms with Crippen molar-refractivity contribution in [3.8, 4) is 0 Å². The highest BCUT2D eigenvalue weighted by Crippen LogP contribution is 2.59. The van der Waals surface area contributed by atoms with Gasteiger partial charge in [0.05, 0.1) is 0 Å². The van der Waals surface area contributed by atoms with Gasteiger partial charge in [0.2, 0.25) is 0 Å².